The fourth-order valence-corrected chi connectivity index (χ4v) is 2.05. The third-order valence-corrected chi connectivity index (χ3v) is 3.04. The van der Waals surface area contributed by atoms with Gasteiger partial charge in [-0.2, -0.15) is 0 Å². The highest BCUT2D eigenvalue weighted by Crippen LogP contribution is 2.15. The molecule has 2 N–H and O–H groups in total. The van der Waals surface area contributed by atoms with E-state index >= 15 is 0 Å². The van der Waals surface area contributed by atoms with E-state index in [-0.39, 0.29) is 6.54 Å². The summed E-state index contributed by atoms with van der Waals surface area (Å²) in [6, 6.07) is 12.3. The van der Waals surface area contributed by atoms with Crippen molar-refractivity contribution in [3.8, 4) is 0 Å². The summed E-state index contributed by atoms with van der Waals surface area (Å²) in [4.78, 5) is 34.4. The molecular weight excluding hydrogens is 258 g/mol. The van der Waals surface area contributed by atoms with Gasteiger partial charge in [0.05, 0.1) is 0 Å². The third-order valence-electron chi connectivity index (χ3n) is 3.04. The first-order valence-corrected chi connectivity index (χ1v) is 6.04. The van der Waals surface area contributed by atoms with Crippen molar-refractivity contribution in [1.82, 2.24) is 15.8 Å². The molecule has 0 spiro atoms. The van der Waals surface area contributed by atoms with Crippen LogP contribution in [0.2, 0.25) is 0 Å². The molecule has 6 nitrogen and oxygen atoms in total. The number of benzene rings is 2. The molecule has 2 aromatic carbocycles. The second-order valence-electron chi connectivity index (χ2n) is 4.44. The predicted molar refractivity (Wildman–Crippen MR) is 71.7 cm³/mol. The Morgan fingerprint density at radius 1 is 1.10 bits per heavy atom. The summed E-state index contributed by atoms with van der Waals surface area (Å²) >= 11 is 0. The predicted octanol–water partition coefficient (Wildman–Crippen LogP) is 1.04. The lowest BCUT2D eigenvalue weighted by atomic mass is 10.1. The fraction of sp³-hybridized carbons (Fsp3) is 0.0714. The molecule has 0 unspecified atom stereocenters. The van der Waals surface area contributed by atoms with Crippen molar-refractivity contribution in [2.45, 2.75) is 0 Å². The smallest absolute Gasteiger partial charge is 0.275 e. The van der Waals surface area contributed by atoms with Gasteiger partial charge in [0.2, 0.25) is 5.91 Å². The van der Waals surface area contributed by atoms with E-state index in [1.165, 1.54) is 0 Å². The number of carbonyl (C=O) groups excluding carboxylic acids is 3. The molecule has 1 aliphatic rings. The molecule has 3 rings (SSSR count). The number of nitrogens with zero attached hydrogens (tertiary/aromatic N) is 1. The molecule has 0 radical (unpaired) electrons. The van der Waals surface area contributed by atoms with Crippen LogP contribution in [-0.2, 0) is 4.79 Å². The van der Waals surface area contributed by atoms with Crippen LogP contribution in [0, 0.1) is 0 Å². The SMILES string of the molecule is O=C1CN(NC(=O)c2ccc3ccccc3c2)C(=O)N1. The second kappa shape index (κ2) is 4.65. The molecule has 1 fully saturated rings. The Morgan fingerprint density at radius 2 is 1.85 bits per heavy atom. The van der Waals surface area contributed by atoms with Crippen molar-refractivity contribution in [1.29, 1.82) is 0 Å². The van der Waals surface area contributed by atoms with Crippen LogP contribution >= 0.6 is 0 Å². The van der Waals surface area contributed by atoms with Crippen LogP contribution in [-0.4, -0.2) is 29.4 Å². The Bertz CT molecular complexity index is 726. The van der Waals surface area contributed by atoms with E-state index in [2.05, 4.69) is 10.7 Å². The third kappa shape index (κ3) is 2.18. The van der Waals surface area contributed by atoms with Gasteiger partial charge in [-0.1, -0.05) is 30.3 Å². The Hall–Kier alpha value is -2.89. The minimum atomic E-state index is -0.621. The Morgan fingerprint density at radius 3 is 2.55 bits per heavy atom. The highest BCUT2D eigenvalue weighted by molar-refractivity contribution is 6.04. The number of imide groups is 1. The molecule has 1 heterocycles. The molecule has 0 atom stereocenters. The molecular formula is C14H11N3O3. The molecule has 0 saturated carbocycles. The first kappa shape index (κ1) is 12.2. The average Bonchev–Trinajstić information content (AvgIpc) is 2.76. The molecule has 100 valence electrons. The number of carbonyl (C=O) groups is 3. The van der Waals surface area contributed by atoms with Gasteiger partial charge in [0, 0.05) is 5.56 Å². The first-order chi connectivity index (χ1) is 9.63. The molecule has 4 amide bonds. The highest BCUT2D eigenvalue weighted by Gasteiger charge is 2.28. The largest absolute Gasteiger partial charge is 0.343 e. The molecule has 6 heteroatoms. The van der Waals surface area contributed by atoms with Crippen molar-refractivity contribution in [2.24, 2.45) is 0 Å². The van der Waals surface area contributed by atoms with Crippen LogP contribution in [0.1, 0.15) is 10.4 Å². The van der Waals surface area contributed by atoms with Gasteiger partial charge in [-0.05, 0) is 22.9 Å². The minimum absolute atomic E-state index is 0.168. The summed E-state index contributed by atoms with van der Waals surface area (Å²) in [6.07, 6.45) is 0. The maximum Gasteiger partial charge on any atom is 0.343 e. The van der Waals surface area contributed by atoms with E-state index in [1.54, 1.807) is 12.1 Å². The summed E-state index contributed by atoms with van der Waals surface area (Å²) in [5, 5.41) is 5.00. The van der Waals surface area contributed by atoms with Gasteiger partial charge in [0.1, 0.15) is 6.54 Å². The maximum atomic E-state index is 12.1. The highest BCUT2D eigenvalue weighted by atomic mass is 16.2. The van der Waals surface area contributed by atoms with Crippen LogP contribution in [0.5, 0.6) is 0 Å². The lowest BCUT2D eigenvalue weighted by molar-refractivity contribution is -0.118. The number of urea groups is 1. The zero-order chi connectivity index (χ0) is 14.1. The summed E-state index contributed by atoms with van der Waals surface area (Å²) < 4.78 is 0. The topological polar surface area (TPSA) is 78.5 Å². The van der Waals surface area contributed by atoms with E-state index in [4.69, 9.17) is 0 Å². The standard InChI is InChI=1S/C14H11N3O3/c18-12-8-17(14(20)15-12)16-13(19)11-6-5-9-3-1-2-4-10(9)7-11/h1-7H,8H2,(H,16,19)(H,15,18,20). The number of amides is 4. The van der Waals surface area contributed by atoms with E-state index in [1.807, 2.05) is 30.3 Å². The summed E-state index contributed by atoms with van der Waals surface area (Å²) in [7, 11) is 0. The zero-order valence-electron chi connectivity index (χ0n) is 10.4. The Kier molecular flexibility index (Phi) is 2.83. The van der Waals surface area contributed by atoms with Crippen LogP contribution in [0.25, 0.3) is 10.8 Å². The normalized spacial score (nSPS) is 14.5. The van der Waals surface area contributed by atoms with Gasteiger partial charge >= 0.3 is 6.03 Å². The van der Waals surface area contributed by atoms with Gasteiger partial charge in [-0.15, -0.1) is 0 Å². The lowest BCUT2D eigenvalue weighted by Crippen LogP contribution is -2.44. The van der Waals surface area contributed by atoms with Crippen LogP contribution in [0.3, 0.4) is 0 Å². The number of rotatable bonds is 2. The van der Waals surface area contributed by atoms with Crippen molar-refractivity contribution in [3.05, 3.63) is 48.0 Å². The summed E-state index contributed by atoms with van der Waals surface area (Å²) in [5.74, 6) is -0.866. The number of hydrogen-bond acceptors (Lipinski definition) is 3. The van der Waals surface area contributed by atoms with Gasteiger partial charge in [0.15, 0.2) is 0 Å². The second-order valence-corrected chi connectivity index (χ2v) is 4.44. The van der Waals surface area contributed by atoms with E-state index in [9.17, 15) is 14.4 Å². The molecule has 20 heavy (non-hydrogen) atoms. The van der Waals surface area contributed by atoms with Gasteiger partial charge in [-0.25, -0.2) is 9.80 Å². The molecule has 0 bridgehead atoms. The number of fused-ring (bicyclic) bond motifs is 1. The fourth-order valence-electron chi connectivity index (χ4n) is 2.05. The van der Waals surface area contributed by atoms with Crippen molar-refractivity contribution < 1.29 is 14.4 Å². The molecule has 2 aromatic rings. The molecule has 1 aliphatic heterocycles. The van der Waals surface area contributed by atoms with Crippen LogP contribution in [0.4, 0.5) is 4.79 Å². The van der Waals surface area contributed by atoms with Crippen molar-refractivity contribution >= 4 is 28.6 Å². The number of nitrogens with one attached hydrogen (secondary N) is 2. The van der Waals surface area contributed by atoms with Crippen LogP contribution < -0.4 is 10.7 Å². The van der Waals surface area contributed by atoms with Crippen molar-refractivity contribution in [3.63, 3.8) is 0 Å². The quantitative estimate of drug-likeness (QED) is 0.799. The Labute approximate surface area is 114 Å². The zero-order valence-corrected chi connectivity index (χ0v) is 10.4. The van der Waals surface area contributed by atoms with Crippen LogP contribution in [0.15, 0.2) is 42.5 Å². The monoisotopic (exact) mass is 269 g/mol. The van der Waals surface area contributed by atoms with E-state index < -0.39 is 17.8 Å². The van der Waals surface area contributed by atoms with E-state index in [0.29, 0.717) is 5.56 Å². The maximum absolute atomic E-state index is 12.1. The van der Waals surface area contributed by atoms with Gasteiger partial charge in [-0.3, -0.25) is 20.3 Å². The summed E-state index contributed by atoms with van der Waals surface area (Å²) in [6.45, 7) is -0.168. The number of hydrazine groups is 1. The van der Waals surface area contributed by atoms with Gasteiger partial charge in [0.25, 0.3) is 5.91 Å². The minimum Gasteiger partial charge on any atom is -0.275 e. The molecule has 0 aliphatic carbocycles. The van der Waals surface area contributed by atoms with Gasteiger partial charge < -0.3 is 0 Å². The lowest BCUT2D eigenvalue weighted by Gasteiger charge is -2.14. The van der Waals surface area contributed by atoms with E-state index in [0.717, 1.165) is 15.8 Å². The summed E-state index contributed by atoms with van der Waals surface area (Å²) in [5.41, 5.74) is 2.83. The molecule has 1 saturated heterocycles. The van der Waals surface area contributed by atoms with Crippen molar-refractivity contribution in [2.75, 3.05) is 6.54 Å². The number of hydrogen-bond donors (Lipinski definition) is 2. The Balaban J connectivity index is 1.82. The molecule has 0 aromatic heterocycles. The first-order valence-electron chi connectivity index (χ1n) is 6.04. The average molecular weight is 269 g/mol.